The number of nitrogens with zero attached hydrogens (tertiary/aromatic N) is 3. The van der Waals surface area contributed by atoms with E-state index in [0.717, 1.165) is 45.3 Å². The molecule has 0 spiro atoms. The fraction of sp³-hybridized carbons (Fsp3) is 0.258. The summed E-state index contributed by atoms with van der Waals surface area (Å²) >= 11 is 0. The van der Waals surface area contributed by atoms with E-state index in [1.165, 1.54) is 11.1 Å². The third-order valence-corrected chi connectivity index (χ3v) is 5.87. The molecule has 196 valence electrons. The number of rotatable bonds is 8. The Kier molecular flexibility index (Phi) is 15.1. The van der Waals surface area contributed by atoms with E-state index in [4.69, 9.17) is 15.0 Å². The Morgan fingerprint density at radius 3 is 1.62 bits per heavy atom. The van der Waals surface area contributed by atoms with Gasteiger partial charge in [-0.1, -0.05) is 71.2 Å². The number of halogens is 2. The fourth-order valence-corrected chi connectivity index (χ4v) is 3.83. The van der Waals surface area contributed by atoms with Crippen molar-refractivity contribution in [2.75, 3.05) is 0 Å². The summed E-state index contributed by atoms with van der Waals surface area (Å²) in [5.74, 6) is 0.704. The number of aliphatic imine (C=N–C) groups is 2. The molecule has 0 radical (unpaired) electrons. The number of pyridine rings is 1. The van der Waals surface area contributed by atoms with Crippen LogP contribution >= 0.6 is 0 Å². The Morgan fingerprint density at radius 2 is 1.19 bits per heavy atom. The van der Waals surface area contributed by atoms with E-state index in [0.29, 0.717) is 11.8 Å². The van der Waals surface area contributed by atoms with Crippen molar-refractivity contribution < 1.29 is 51.0 Å². The SMILES string of the molecule is C=Cc1ccc(/N=C(\C)c2cccc(/C(C)=N/c3c(C(C)C)cc(C=C)cc3C(C)C)n2)cc1.[Br-].[Br-].[Fe+2]. The van der Waals surface area contributed by atoms with Gasteiger partial charge in [0.1, 0.15) is 0 Å². The first-order valence-corrected chi connectivity index (χ1v) is 11.8. The maximum atomic E-state index is 5.12. The van der Waals surface area contributed by atoms with Crippen molar-refractivity contribution in [1.82, 2.24) is 4.98 Å². The summed E-state index contributed by atoms with van der Waals surface area (Å²) in [6.45, 7) is 20.6. The molecule has 37 heavy (non-hydrogen) atoms. The van der Waals surface area contributed by atoms with Crippen molar-refractivity contribution >= 4 is 35.0 Å². The molecule has 1 heterocycles. The van der Waals surface area contributed by atoms with Gasteiger partial charge in [0.25, 0.3) is 0 Å². The van der Waals surface area contributed by atoms with Gasteiger partial charge in [-0.25, -0.2) is 4.98 Å². The van der Waals surface area contributed by atoms with E-state index in [9.17, 15) is 0 Å². The van der Waals surface area contributed by atoms with Gasteiger partial charge in [0.15, 0.2) is 0 Å². The van der Waals surface area contributed by atoms with E-state index >= 15 is 0 Å². The van der Waals surface area contributed by atoms with Gasteiger partial charge < -0.3 is 34.0 Å². The molecular weight excluding hydrogens is 630 g/mol. The number of hydrogen-bond acceptors (Lipinski definition) is 3. The van der Waals surface area contributed by atoms with Gasteiger partial charge in [-0.3, -0.25) is 9.98 Å². The zero-order valence-electron chi connectivity index (χ0n) is 22.4. The Balaban J connectivity index is 0.00000432. The molecule has 0 saturated carbocycles. The zero-order valence-corrected chi connectivity index (χ0v) is 26.6. The summed E-state index contributed by atoms with van der Waals surface area (Å²) in [6, 6.07) is 18.4. The third kappa shape index (κ3) is 9.00. The molecule has 1 aromatic heterocycles. The number of benzene rings is 2. The quantitative estimate of drug-likeness (QED) is 0.270. The molecule has 0 saturated heterocycles. The van der Waals surface area contributed by atoms with Crippen molar-refractivity contribution in [3.8, 4) is 0 Å². The standard InChI is InChI=1S/C31H35N3.2BrH.Fe/c1-9-24-14-16-26(17-15-24)32-22(7)29-12-11-13-30(34-29)23(8)33-31-27(20(3)4)18-25(10-2)19-28(31)21(5)6;;;/h9-21H,1-2H2,3-8H3;2*1H;/q;;;+2/p-2/b32-22+,33-23+;;;. The molecular formula is C31H35Br2FeN3. The van der Waals surface area contributed by atoms with E-state index in [-0.39, 0.29) is 51.0 Å². The fourth-order valence-electron chi connectivity index (χ4n) is 3.83. The first kappa shape index (κ1) is 34.9. The molecule has 0 bridgehead atoms. The molecule has 0 atom stereocenters. The summed E-state index contributed by atoms with van der Waals surface area (Å²) in [6.07, 6.45) is 3.74. The van der Waals surface area contributed by atoms with E-state index < -0.39 is 0 Å². The predicted octanol–water partition coefficient (Wildman–Crippen LogP) is 2.90. The van der Waals surface area contributed by atoms with Crippen LogP contribution in [0.3, 0.4) is 0 Å². The summed E-state index contributed by atoms with van der Waals surface area (Å²) in [5, 5.41) is 0. The molecule has 0 N–H and O–H groups in total. The van der Waals surface area contributed by atoms with E-state index in [1.807, 2.05) is 68.5 Å². The summed E-state index contributed by atoms with van der Waals surface area (Å²) in [7, 11) is 0. The van der Waals surface area contributed by atoms with Crippen LogP contribution in [0.15, 0.2) is 77.7 Å². The van der Waals surface area contributed by atoms with Crippen LogP contribution in [0, 0.1) is 0 Å². The summed E-state index contributed by atoms with van der Waals surface area (Å²) in [4.78, 5) is 14.8. The molecule has 3 aromatic rings. The third-order valence-electron chi connectivity index (χ3n) is 5.87. The molecule has 0 aliphatic carbocycles. The summed E-state index contributed by atoms with van der Waals surface area (Å²) in [5.41, 5.74) is 10.1. The van der Waals surface area contributed by atoms with Crippen LogP contribution in [0.2, 0.25) is 0 Å². The molecule has 0 unspecified atom stereocenters. The van der Waals surface area contributed by atoms with Crippen LogP contribution in [0.25, 0.3) is 12.2 Å². The summed E-state index contributed by atoms with van der Waals surface area (Å²) < 4.78 is 0. The van der Waals surface area contributed by atoms with Crippen LogP contribution in [0.1, 0.15) is 87.0 Å². The van der Waals surface area contributed by atoms with Crippen LogP contribution < -0.4 is 34.0 Å². The van der Waals surface area contributed by atoms with Crippen molar-refractivity contribution in [2.45, 2.75) is 53.4 Å². The van der Waals surface area contributed by atoms with Gasteiger partial charge in [-0.05, 0) is 84.3 Å². The second-order valence-electron chi connectivity index (χ2n) is 9.16. The van der Waals surface area contributed by atoms with Gasteiger partial charge in [-0.2, -0.15) is 0 Å². The minimum absolute atomic E-state index is 0. The normalized spacial score (nSPS) is 11.4. The predicted molar refractivity (Wildman–Crippen MR) is 149 cm³/mol. The van der Waals surface area contributed by atoms with Crippen molar-refractivity contribution in [2.24, 2.45) is 9.98 Å². The van der Waals surface area contributed by atoms with Gasteiger partial charge in [0.2, 0.25) is 0 Å². The first-order chi connectivity index (χ1) is 16.2. The monoisotopic (exact) mass is 663 g/mol. The Morgan fingerprint density at radius 1 is 0.730 bits per heavy atom. The molecule has 0 amide bonds. The van der Waals surface area contributed by atoms with Crippen molar-refractivity contribution in [3.05, 3.63) is 101 Å². The first-order valence-electron chi connectivity index (χ1n) is 11.8. The van der Waals surface area contributed by atoms with Crippen LogP contribution in [-0.2, 0) is 17.1 Å². The molecule has 0 fully saturated rings. The van der Waals surface area contributed by atoms with Gasteiger partial charge in [0.05, 0.1) is 34.2 Å². The molecule has 3 nitrogen and oxygen atoms in total. The average molecular weight is 665 g/mol. The molecule has 2 aromatic carbocycles. The van der Waals surface area contributed by atoms with E-state index in [1.54, 1.807) is 0 Å². The van der Waals surface area contributed by atoms with Crippen LogP contribution in [-0.4, -0.2) is 16.4 Å². The zero-order chi connectivity index (χ0) is 24.8. The minimum atomic E-state index is 0. The second-order valence-corrected chi connectivity index (χ2v) is 9.16. The topological polar surface area (TPSA) is 37.6 Å². The maximum Gasteiger partial charge on any atom is 2.00 e. The Hall–Kier alpha value is -2.11. The molecule has 0 aliphatic rings. The van der Waals surface area contributed by atoms with Crippen LogP contribution in [0.4, 0.5) is 11.4 Å². The molecule has 3 rings (SSSR count). The van der Waals surface area contributed by atoms with Gasteiger partial charge in [0, 0.05) is 0 Å². The average Bonchev–Trinajstić information content (AvgIpc) is 2.84. The number of hydrogen-bond donors (Lipinski definition) is 0. The van der Waals surface area contributed by atoms with Gasteiger partial charge in [-0.15, -0.1) is 0 Å². The van der Waals surface area contributed by atoms with E-state index in [2.05, 4.69) is 53.0 Å². The van der Waals surface area contributed by atoms with Crippen molar-refractivity contribution in [3.63, 3.8) is 0 Å². The largest absolute Gasteiger partial charge is 2.00 e. The number of aromatic nitrogens is 1. The minimum Gasteiger partial charge on any atom is -1.00 e. The van der Waals surface area contributed by atoms with Crippen molar-refractivity contribution in [1.29, 1.82) is 0 Å². The Labute approximate surface area is 254 Å². The smallest absolute Gasteiger partial charge is 1.00 e. The molecule has 6 heteroatoms. The maximum absolute atomic E-state index is 5.12. The van der Waals surface area contributed by atoms with Crippen LogP contribution in [0.5, 0.6) is 0 Å². The molecule has 0 aliphatic heterocycles. The van der Waals surface area contributed by atoms with Gasteiger partial charge >= 0.3 is 17.1 Å². The second kappa shape index (κ2) is 16.0. The Bertz CT molecular complexity index is 1230.